The maximum Gasteiger partial charge on any atom is 0.0524 e. The molecule has 1 aliphatic carbocycles. The smallest absolute Gasteiger partial charge is 0.0524 e. The summed E-state index contributed by atoms with van der Waals surface area (Å²) in [5.74, 6) is 0. The van der Waals surface area contributed by atoms with Gasteiger partial charge in [0.2, 0.25) is 0 Å². The summed E-state index contributed by atoms with van der Waals surface area (Å²) in [4.78, 5) is 12.8. The fraction of sp³-hybridized carbons (Fsp3) is 1.00. The Kier molecular flexibility index (Phi) is 2.78. The van der Waals surface area contributed by atoms with Crippen LogP contribution < -0.4 is 0 Å². The molecular weight excluding hydrogens is 167 g/mol. The summed E-state index contributed by atoms with van der Waals surface area (Å²) in [5, 5.41) is 4.60. The molecular formula is C9H17N3O. The lowest BCUT2D eigenvalue weighted by Gasteiger charge is -2.35. The lowest BCUT2D eigenvalue weighted by atomic mass is 10.2. The van der Waals surface area contributed by atoms with Crippen LogP contribution in [0.25, 0.3) is 0 Å². The van der Waals surface area contributed by atoms with Gasteiger partial charge < -0.3 is 0 Å². The van der Waals surface area contributed by atoms with Crippen LogP contribution >= 0.6 is 0 Å². The van der Waals surface area contributed by atoms with Crippen molar-refractivity contribution in [2.45, 2.75) is 31.7 Å². The Morgan fingerprint density at radius 2 is 1.62 bits per heavy atom. The van der Waals surface area contributed by atoms with E-state index in [-0.39, 0.29) is 0 Å². The van der Waals surface area contributed by atoms with Crippen LogP contribution in [0.2, 0.25) is 0 Å². The van der Waals surface area contributed by atoms with E-state index in [1.807, 2.05) is 0 Å². The molecule has 4 heteroatoms. The molecule has 2 fully saturated rings. The van der Waals surface area contributed by atoms with Crippen LogP contribution in [-0.4, -0.2) is 42.1 Å². The van der Waals surface area contributed by atoms with Gasteiger partial charge >= 0.3 is 0 Å². The fourth-order valence-electron chi connectivity index (χ4n) is 2.43. The van der Waals surface area contributed by atoms with Crippen molar-refractivity contribution in [3.05, 3.63) is 4.91 Å². The van der Waals surface area contributed by atoms with Crippen LogP contribution in [-0.2, 0) is 0 Å². The number of hydrogen-bond donors (Lipinski definition) is 0. The highest BCUT2D eigenvalue weighted by Crippen LogP contribution is 2.24. The van der Waals surface area contributed by atoms with E-state index in [1.165, 1.54) is 25.7 Å². The highest BCUT2D eigenvalue weighted by molar-refractivity contribution is 4.80. The van der Waals surface area contributed by atoms with Crippen molar-refractivity contribution in [2.24, 2.45) is 5.29 Å². The second-order valence-corrected chi connectivity index (χ2v) is 4.01. The molecule has 0 bridgehead atoms. The molecule has 1 saturated heterocycles. The third kappa shape index (κ3) is 1.99. The van der Waals surface area contributed by atoms with Gasteiger partial charge in [-0.3, -0.25) is 9.91 Å². The minimum atomic E-state index is 0.800. The first-order valence-corrected chi connectivity index (χ1v) is 5.22. The average molecular weight is 184 g/mol. The molecule has 74 valence electrons. The Hall–Kier alpha value is -0.640. The molecule has 0 amide bonds. The normalized spacial score (nSPS) is 26.6. The van der Waals surface area contributed by atoms with Crippen LogP contribution in [0.5, 0.6) is 0 Å². The molecule has 0 unspecified atom stereocenters. The van der Waals surface area contributed by atoms with Gasteiger partial charge in [-0.15, -0.1) is 4.91 Å². The van der Waals surface area contributed by atoms with E-state index in [2.05, 4.69) is 10.2 Å². The minimum absolute atomic E-state index is 0.800. The van der Waals surface area contributed by atoms with E-state index >= 15 is 0 Å². The second kappa shape index (κ2) is 4.05. The second-order valence-electron chi connectivity index (χ2n) is 4.01. The van der Waals surface area contributed by atoms with Crippen molar-refractivity contribution in [3.63, 3.8) is 0 Å². The van der Waals surface area contributed by atoms with Crippen LogP contribution in [0.4, 0.5) is 0 Å². The van der Waals surface area contributed by atoms with E-state index in [9.17, 15) is 4.91 Å². The van der Waals surface area contributed by atoms with Crippen molar-refractivity contribution in [2.75, 3.05) is 26.2 Å². The molecule has 0 aromatic rings. The molecule has 2 aliphatic rings. The van der Waals surface area contributed by atoms with Gasteiger partial charge in [0.05, 0.1) is 18.4 Å². The molecule has 1 saturated carbocycles. The van der Waals surface area contributed by atoms with Crippen LogP contribution in [0.3, 0.4) is 0 Å². The van der Waals surface area contributed by atoms with E-state index < -0.39 is 0 Å². The number of piperazine rings is 1. The number of nitroso groups, excluding NO2 is 1. The Bertz CT molecular complexity index is 172. The van der Waals surface area contributed by atoms with Crippen molar-refractivity contribution < 1.29 is 0 Å². The molecule has 13 heavy (non-hydrogen) atoms. The number of rotatable bonds is 2. The summed E-state index contributed by atoms with van der Waals surface area (Å²) in [5.41, 5.74) is 0. The van der Waals surface area contributed by atoms with Crippen LogP contribution in [0.15, 0.2) is 5.29 Å². The van der Waals surface area contributed by atoms with E-state index in [1.54, 1.807) is 5.01 Å². The predicted octanol–water partition coefficient (Wildman–Crippen LogP) is 1.23. The fourth-order valence-corrected chi connectivity index (χ4v) is 2.43. The third-order valence-corrected chi connectivity index (χ3v) is 3.25. The Morgan fingerprint density at radius 3 is 2.15 bits per heavy atom. The molecule has 0 radical (unpaired) electrons. The average Bonchev–Trinajstić information content (AvgIpc) is 2.71. The van der Waals surface area contributed by atoms with Crippen LogP contribution in [0.1, 0.15) is 25.7 Å². The summed E-state index contributed by atoms with van der Waals surface area (Å²) in [6.07, 6.45) is 5.48. The maximum absolute atomic E-state index is 10.2. The Morgan fingerprint density at radius 1 is 1.00 bits per heavy atom. The summed E-state index contributed by atoms with van der Waals surface area (Å²) in [7, 11) is 0. The summed E-state index contributed by atoms with van der Waals surface area (Å²) < 4.78 is 0. The zero-order chi connectivity index (χ0) is 9.10. The van der Waals surface area contributed by atoms with E-state index in [0.29, 0.717) is 0 Å². The van der Waals surface area contributed by atoms with Crippen molar-refractivity contribution in [3.8, 4) is 0 Å². The van der Waals surface area contributed by atoms with Gasteiger partial charge in [-0.2, -0.15) is 0 Å². The predicted molar refractivity (Wildman–Crippen MR) is 51.2 cm³/mol. The quantitative estimate of drug-likeness (QED) is 0.478. The first-order chi connectivity index (χ1) is 6.40. The maximum atomic E-state index is 10.2. The molecule has 0 spiro atoms. The standard InChI is InChI=1S/C9H17N3O/c13-10-12-7-5-11(6-8-12)9-3-1-2-4-9/h9H,1-8H2/i11+1. The van der Waals surface area contributed by atoms with Gasteiger partial charge in [-0.05, 0) is 12.8 Å². The van der Waals surface area contributed by atoms with Crippen molar-refractivity contribution in [1.29, 1.82) is 0 Å². The monoisotopic (exact) mass is 184 g/mol. The zero-order valence-corrected chi connectivity index (χ0v) is 7.98. The topological polar surface area (TPSA) is 35.9 Å². The van der Waals surface area contributed by atoms with Gasteiger partial charge in [0.25, 0.3) is 0 Å². The molecule has 0 aromatic carbocycles. The summed E-state index contributed by atoms with van der Waals surface area (Å²) in [6, 6.07) is 0.800. The molecule has 2 rings (SSSR count). The first-order valence-electron chi connectivity index (χ1n) is 5.22. The molecule has 1 heterocycles. The number of nitrogens with zero attached hydrogens (tertiary/aromatic N) is 3. The first kappa shape index (κ1) is 8.94. The van der Waals surface area contributed by atoms with Crippen molar-refractivity contribution >= 4 is 0 Å². The van der Waals surface area contributed by atoms with Gasteiger partial charge in [0, 0.05) is 19.1 Å². The lowest BCUT2D eigenvalue weighted by Crippen LogP contribution is -2.47. The summed E-state index contributed by atoms with van der Waals surface area (Å²) in [6.45, 7) is 3.69. The largest absolute Gasteiger partial charge is 0.297 e. The lowest BCUT2D eigenvalue weighted by molar-refractivity contribution is 0.0990. The molecule has 0 aromatic heterocycles. The molecule has 4 nitrogen and oxygen atoms in total. The Balaban J connectivity index is 1.79. The van der Waals surface area contributed by atoms with Gasteiger partial charge in [0.1, 0.15) is 0 Å². The molecule has 0 atom stereocenters. The van der Waals surface area contributed by atoms with Gasteiger partial charge in [0.15, 0.2) is 0 Å². The third-order valence-electron chi connectivity index (χ3n) is 3.25. The Labute approximate surface area is 78.8 Å². The molecule has 1 aliphatic heterocycles. The minimum Gasteiger partial charge on any atom is -0.297 e. The van der Waals surface area contributed by atoms with Crippen molar-refractivity contribution in [1.82, 2.24) is 9.91 Å². The zero-order valence-electron chi connectivity index (χ0n) is 7.98. The van der Waals surface area contributed by atoms with Crippen LogP contribution in [0, 0.1) is 4.91 Å². The highest BCUT2D eigenvalue weighted by Gasteiger charge is 2.25. The van der Waals surface area contributed by atoms with E-state index in [0.717, 1.165) is 32.2 Å². The van der Waals surface area contributed by atoms with E-state index in [4.69, 9.17) is 0 Å². The number of hydrogen-bond acceptors (Lipinski definition) is 3. The SMILES string of the molecule is O=NN1CC[15N](C2CCCC2)CC1. The highest BCUT2D eigenvalue weighted by atomic mass is 16.3. The molecule has 0 N–H and O–H groups in total. The van der Waals surface area contributed by atoms with Gasteiger partial charge in [-0.1, -0.05) is 12.8 Å². The van der Waals surface area contributed by atoms with Gasteiger partial charge in [-0.25, -0.2) is 0 Å². The summed E-state index contributed by atoms with van der Waals surface area (Å²) >= 11 is 0.